The fourth-order valence-corrected chi connectivity index (χ4v) is 4.85. The highest BCUT2D eigenvalue weighted by Gasteiger charge is 2.28. The molecule has 10 nitrogen and oxygen atoms in total. The number of nitrogens with two attached hydrogens (primary N) is 1. The molecule has 0 aliphatic carbocycles. The van der Waals surface area contributed by atoms with Gasteiger partial charge in [0.15, 0.2) is 5.65 Å². The fraction of sp³-hybridized carbons (Fsp3) is 0.208. The molecule has 0 spiro atoms. The van der Waals surface area contributed by atoms with Crippen LogP contribution in [0.4, 0.5) is 5.82 Å². The van der Waals surface area contributed by atoms with Crippen molar-refractivity contribution in [2.24, 2.45) is 0 Å². The molecule has 0 saturated carbocycles. The van der Waals surface area contributed by atoms with Gasteiger partial charge in [0, 0.05) is 17.5 Å². The number of rotatable bonds is 7. The maximum atomic E-state index is 11.8. The Balaban J connectivity index is 1.41. The predicted molar refractivity (Wildman–Crippen MR) is 134 cm³/mol. The Labute approximate surface area is 202 Å². The molecule has 2 aromatic carbocycles. The van der Waals surface area contributed by atoms with Gasteiger partial charge in [0.2, 0.25) is 10.0 Å². The summed E-state index contributed by atoms with van der Waals surface area (Å²) in [5.74, 6) is 1.81. The van der Waals surface area contributed by atoms with E-state index in [1.165, 1.54) is 6.33 Å². The Morgan fingerprint density at radius 2 is 1.83 bits per heavy atom. The highest BCUT2D eigenvalue weighted by molar-refractivity contribution is 7.92. The summed E-state index contributed by atoms with van der Waals surface area (Å²) >= 11 is 0. The first-order valence-electron chi connectivity index (χ1n) is 11.1. The molecule has 1 aliphatic heterocycles. The van der Waals surface area contributed by atoms with Gasteiger partial charge in [-0.3, -0.25) is 5.32 Å². The van der Waals surface area contributed by atoms with Crippen LogP contribution in [0.2, 0.25) is 0 Å². The maximum absolute atomic E-state index is 11.8. The number of piperidine rings is 1. The lowest BCUT2D eigenvalue weighted by molar-refractivity contribution is 0.289. The summed E-state index contributed by atoms with van der Waals surface area (Å²) in [7, 11) is -3.52. The fourth-order valence-electron chi connectivity index (χ4n) is 4.15. The van der Waals surface area contributed by atoms with Gasteiger partial charge in [0.25, 0.3) is 0 Å². The molecular formula is C24H25N7O3S. The molecule has 1 saturated heterocycles. The average Bonchev–Trinajstić information content (AvgIpc) is 3.26. The van der Waals surface area contributed by atoms with Crippen molar-refractivity contribution in [3.05, 3.63) is 72.9 Å². The molecule has 4 aromatic rings. The number of para-hydroxylation sites is 1. The van der Waals surface area contributed by atoms with E-state index in [1.807, 2.05) is 59.3 Å². The predicted octanol–water partition coefficient (Wildman–Crippen LogP) is 3.18. The van der Waals surface area contributed by atoms with E-state index in [9.17, 15) is 8.42 Å². The summed E-state index contributed by atoms with van der Waals surface area (Å²) in [6.07, 6.45) is 2.34. The highest BCUT2D eigenvalue weighted by atomic mass is 32.2. The minimum atomic E-state index is -3.52. The third kappa shape index (κ3) is 4.87. The van der Waals surface area contributed by atoms with Crippen molar-refractivity contribution in [3.63, 3.8) is 0 Å². The van der Waals surface area contributed by atoms with E-state index in [1.54, 1.807) is 0 Å². The second-order valence-electron chi connectivity index (χ2n) is 8.21. The summed E-state index contributed by atoms with van der Waals surface area (Å²) < 4.78 is 33.9. The second kappa shape index (κ2) is 9.45. The van der Waals surface area contributed by atoms with Crippen molar-refractivity contribution >= 4 is 26.9 Å². The van der Waals surface area contributed by atoms with Crippen LogP contribution in [0.1, 0.15) is 18.9 Å². The van der Waals surface area contributed by atoms with E-state index in [-0.39, 0.29) is 12.2 Å². The molecule has 1 fully saturated rings. The van der Waals surface area contributed by atoms with E-state index in [0.29, 0.717) is 47.7 Å². The normalized spacial score (nSPS) is 18.4. The van der Waals surface area contributed by atoms with Crippen LogP contribution in [0.15, 0.2) is 72.9 Å². The van der Waals surface area contributed by atoms with Crippen LogP contribution >= 0.6 is 0 Å². The largest absolute Gasteiger partial charge is 0.457 e. The molecule has 180 valence electrons. The number of nitrogens with zero attached hydrogens (tertiary/aromatic N) is 4. The van der Waals surface area contributed by atoms with Gasteiger partial charge in [0.05, 0.1) is 17.6 Å². The van der Waals surface area contributed by atoms with Crippen molar-refractivity contribution in [1.82, 2.24) is 29.8 Å². The van der Waals surface area contributed by atoms with Crippen molar-refractivity contribution in [2.75, 3.05) is 12.3 Å². The van der Waals surface area contributed by atoms with Crippen LogP contribution in [0.3, 0.4) is 0 Å². The van der Waals surface area contributed by atoms with E-state index in [2.05, 4.69) is 26.6 Å². The van der Waals surface area contributed by atoms with E-state index < -0.39 is 10.0 Å². The first-order chi connectivity index (χ1) is 16.9. The average molecular weight is 492 g/mol. The minimum Gasteiger partial charge on any atom is -0.457 e. The van der Waals surface area contributed by atoms with Gasteiger partial charge < -0.3 is 10.5 Å². The first kappa shape index (κ1) is 23.0. The van der Waals surface area contributed by atoms with E-state index in [0.717, 1.165) is 16.7 Å². The van der Waals surface area contributed by atoms with Crippen LogP contribution < -0.4 is 20.5 Å². The number of anilines is 1. The van der Waals surface area contributed by atoms with Crippen LogP contribution in [0.5, 0.6) is 11.5 Å². The molecule has 3 heterocycles. The van der Waals surface area contributed by atoms with Gasteiger partial charge in [-0.2, -0.15) is 9.82 Å². The van der Waals surface area contributed by atoms with Crippen LogP contribution in [0, 0.1) is 0 Å². The molecule has 4 N–H and O–H groups in total. The smallest absolute Gasteiger partial charge is 0.234 e. The molecule has 0 radical (unpaired) electrons. The second-order valence-corrected chi connectivity index (χ2v) is 9.87. The summed E-state index contributed by atoms with van der Waals surface area (Å²) in [5.41, 5.74) is 8.42. The van der Waals surface area contributed by atoms with Gasteiger partial charge in [-0.15, -0.1) is 0 Å². The number of fused-ring (bicyclic) bond motifs is 1. The molecule has 11 heteroatoms. The monoisotopic (exact) mass is 491 g/mol. The molecule has 35 heavy (non-hydrogen) atoms. The number of aromatic nitrogens is 4. The standard InChI is InChI=1S/C24H25N7O3S/c1-2-35(32,33)30-20-13-10-17(14-26-20)31-24-21(23(25)27-15-28-24)22(29-31)16-8-11-19(12-9-16)34-18-6-4-3-5-7-18/h2-9,11-12,15,17,20,26,30H,1,10,13-14H2,(H2,25,27,28)/t17-,20+/m1/s1. The zero-order valence-corrected chi connectivity index (χ0v) is 19.6. The van der Waals surface area contributed by atoms with Gasteiger partial charge in [0.1, 0.15) is 29.3 Å². The molecule has 5 rings (SSSR count). The Hall–Kier alpha value is -3.80. The van der Waals surface area contributed by atoms with Crippen molar-refractivity contribution in [3.8, 4) is 22.8 Å². The zero-order chi connectivity index (χ0) is 24.4. The highest BCUT2D eigenvalue weighted by Crippen LogP contribution is 2.34. The number of hydrogen-bond acceptors (Lipinski definition) is 8. The topological polar surface area (TPSA) is 137 Å². The number of ether oxygens (including phenoxy) is 1. The summed E-state index contributed by atoms with van der Waals surface area (Å²) in [6.45, 7) is 3.84. The quantitative estimate of drug-likeness (QED) is 0.358. The number of sulfonamides is 1. The molecule has 2 aromatic heterocycles. The SMILES string of the molecule is C=CS(=O)(=O)N[C@H]1CC[C@@H](n2nc(-c3ccc(Oc4ccccc4)cc3)c3c(N)ncnc32)CN1. The van der Waals surface area contributed by atoms with Crippen LogP contribution in [0.25, 0.3) is 22.3 Å². The molecule has 0 unspecified atom stereocenters. The summed E-state index contributed by atoms with van der Waals surface area (Å²) in [4.78, 5) is 8.63. The lowest BCUT2D eigenvalue weighted by Crippen LogP contribution is -2.49. The Morgan fingerprint density at radius 1 is 1.09 bits per heavy atom. The van der Waals surface area contributed by atoms with Crippen LogP contribution in [-0.2, 0) is 10.0 Å². The number of nitrogen functional groups attached to an aromatic ring is 1. The molecule has 1 aliphatic rings. The summed E-state index contributed by atoms with van der Waals surface area (Å²) in [5, 5.41) is 9.69. The molecule has 0 amide bonds. The zero-order valence-electron chi connectivity index (χ0n) is 18.8. The molecule has 0 bridgehead atoms. The summed E-state index contributed by atoms with van der Waals surface area (Å²) in [6, 6.07) is 17.1. The van der Waals surface area contributed by atoms with Crippen LogP contribution in [-0.4, -0.2) is 40.9 Å². The minimum absolute atomic E-state index is 0.0364. The molecular weight excluding hydrogens is 466 g/mol. The third-order valence-electron chi connectivity index (χ3n) is 5.89. The Morgan fingerprint density at radius 3 is 2.51 bits per heavy atom. The number of benzene rings is 2. The number of nitrogens with one attached hydrogen (secondary N) is 2. The van der Waals surface area contributed by atoms with E-state index >= 15 is 0 Å². The molecule has 2 atom stereocenters. The van der Waals surface area contributed by atoms with Gasteiger partial charge in [-0.25, -0.2) is 23.1 Å². The van der Waals surface area contributed by atoms with E-state index in [4.69, 9.17) is 15.6 Å². The Kier molecular flexibility index (Phi) is 6.20. The van der Waals surface area contributed by atoms with Gasteiger partial charge in [-0.05, 0) is 49.2 Å². The van der Waals surface area contributed by atoms with Crippen molar-refractivity contribution in [1.29, 1.82) is 0 Å². The van der Waals surface area contributed by atoms with Crippen molar-refractivity contribution < 1.29 is 13.2 Å². The maximum Gasteiger partial charge on any atom is 0.234 e. The first-order valence-corrected chi connectivity index (χ1v) is 12.7. The third-order valence-corrected chi connectivity index (χ3v) is 6.94. The van der Waals surface area contributed by atoms with Crippen molar-refractivity contribution in [2.45, 2.75) is 25.0 Å². The van der Waals surface area contributed by atoms with Gasteiger partial charge >= 0.3 is 0 Å². The lowest BCUT2D eigenvalue weighted by Gasteiger charge is -2.30. The number of hydrogen-bond donors (Lipinski definition) is 3. The lowest BCUT2D eigenvalue weighted by atomic mass is 10.1. The Bertz CT molecular complexity index is 1450. The van der Waals surface area contributed by atoms with Gasteiger partial charge in [-0.1, -0.05) is 24.8 Å².